The van der Waals surface area contributed by atoms with Crippen LogP contribution in [0.15, 0.2) is 52.4 Å². The third kappa shape index (κ3) is 4.96. The molecule has 1 aromatic carbocycles. The molecule has 2 aromatic rings. The van der Waals surface area contributed by atoms with Crippen molar-refractivity contribution in [2.75, 3.05) is 11.1 Å². The van der Waals surface area contributed by atoms with Crippen molar-refractivity contribution >= 4 is 58.2 Å². The molecule has 0 aliphatic carbocycles. The van der Waals surface area contributed by atoms with Crippen LogP contribution in [0.3, 0.4) is 0 Å². The molecule has 3 amide bonds. The summed E-state index contributed by atoms with van der Waals surface area (Å²) in [5.41, 5.74) is 0.209. The van der Waals surface area contributed by atoms with Gasteiger partial charge in [-0.1, -0.05) is 12.1 Å². The molecule has 0 radical (unpaired) electrons. The molecule has 1 aliphatic heterocycles. The molecular formula is C17H12N4O5S2. The average Bonchev–Trinajstić information content (AvgIpc) is 2.98. The number of amides is 3. The summed E-state index contributed by atoms with van der Waals surface area (Å²) in [5, 5.41) is 15.6. The predicted octanol–water partition coefficient (Wildman–Crippen LogP) is 3.04. The van der Waals surface area contributed by atoms with E-state index in [1.54, 1.807) is 24.3 Å². The quantitative estimate of drug-likeness (QED) is 0.318. The maximum atomic E-state index is 12.0. The lowest BCUT2D eigenvalue weighted by Gasteiger charge is -2.06. The molecule has 1 fully saturated rings. The van der Waals surface area contributed by atoms with E-state index in [2.05, 4.69) is 15.6 Å². The summed E-state index contributed by atoms with van der Waals surface area (Å²) in [4.78, 5) is 50.1. The second-order valence-electron chi connectivity index (χ2n) is 5.39. The Balaban J connectivity index is 1.72. The van der Waals surface area contributed by atoms with Crippen molar-refractivity contribution in [1.82, 2.24) is 10.3 Å². The molecule has 9 nitrogen and oxygen atoms in total. The summed E-state index contributed by atoms with van der Waals surface area (Å²) < 4.78 is 0. The van der Waals surface area contributed by atoms with Crippen LogP contribution in [0.4, 0.5) is 16.3 Å². The van der Waals surface area contributed by atoms with Crippen LogP contribution < -0.4 is 10.6 Å². The monoisotopic (exact) mass is 416 g/mol. The van der Waals surface area contributed by atoms with Crippen LogP contribution in [0.25, 0.3) is 6.08 Å². The number of thioether (sulfide) groups is 2. The van der Waals surface area contributed by atoms with E-state index in [4.69, 9.17) is 0 Å². The summed E-state index contributed by atoms with van der Waals surface area (Å²) in [5.74, 6) is -0.527. The highest BCUT2D eigenvalue weighted by atomic mass is 32.2. The van der Waals surface area contributed by atoms with Crippen molar-refractivity contribution in [3.05, 3.63) is 63.2 Å². The molecule has 0 saturated carbocycles. The number of rotatable bonds is 6. The number of pyridine rings is 1. The van der Waals surface area contributed by atoms with Crippen molar-refractivity contribution in [2.45, 2.75) is 4.90 Å². The normalized spacial score (nSPS) is 14.8. The molecule has 28 heavy (non-hydrogen) atoms. The molecule has 1 saturated heterocycles. The van der Waals surface area contributed by atoms with Crippen LogP contribution in [0.5, 0.6) is 0 Å². The van der Waals surface area contributed by atoms with Crippen molar-refractivity contribution in [3.63, 3.8) is 0 Å². The van der Waals surface area contributed by atoms with E-state index in [0.717, 1.165) is 23.5 Å². The zero-order chi connectivity index (χ0) is 20.1. The maximum absolute atomic E-state index is 12.0. The average molecular weight is 416 g/mol. The second-order valence-corrected chi connectivity index (χ2v) is 7.42. The van der Waals surface area contributed by atoms with Gasteiger partial charge in [0, 0.05) is 12.3 Å². The summed E-state index contributed by atoms with van der Waals surface area (Å²) in [6.45, 7) is 0. The summed E-state index contributed by atoms with van der Waals surface area (Å²) in [7, 11) is 0. The zero-order valence-electron chi connectivity index (χ0n) is 14.1. The summed E-state index contributed by atoms with van der Waals surface area (Å²) in [6, 6.07) is 9.45. The Labute approximate surface area is 167 Å². The highest BCUT2D eigenvalue weighted by molar-refractivity contribution is 8.18. The maximum Gasteiger partial charge on any atom is 0.290 e. The van der Waals surface area contributed by atoms with Gasteiger partial charge in [-0.25, -0.2) is 4.98 Å². The third-order valence-electron chi connectivity index (χ3n) is 3.41. The Kier molecular flexibility index (Phi) is 6.06. The Morgan fingerprint density at radius 1 is 1.32 bits per heavy atom. The Morgan fingerprint density at radius 2 is 2.14 bits per heavy atom. The van der Waals surface area contributed by atoms with Crippen molar-refractivity contribution in [1.29, 1.82) is 0 Å². The number of hydrogen-bond donors (Lipinski definition) is 2. The number of nitro benzene ring substituents is 1. The summed E-state index contributed by atoms with van der Waals surface area (Å²) in [6.07, 6.45) is 2.94. The fourth-order valence-electron chi connectivity index (χ4n) is 2.22. The summed E-state index contributed by atoms with van der Waals surface area (Å²) >= 11 is 1.74. The molecule has 3 rings (SSSR count). The van der Waals surface area contributed by atoms with Crippen LogP contribution >= 0.6 is 23.5 Å². The highest BCUT2D eigenvalue weighted by Crippen LogP contribution is 2.32. The molecule has 2 N–H and O–H groups in total. The van der Waals surface area contributed by atoms with E-state index in [1.165, 1.54) is 24.4 Å². The molecule has 11 heteroatoms. The van der Waals surface area contributed by atoms with Crippen LogP contribution in [0, 0.1) is 10.1 Å². The molecule has 0 bridgehead atoms. The minimum atomic E-state index is -0.561. The number of carbonyl (C=O) groups excluding carboxylic acids is 3. The van der Waals surface area contributed by atoms with Crippen LogP contribution in [-0.4, -0.2) is 32.7 Å². The smallest absolute Gasteiger partial charge is 0.290 e. The first-order valence-corrected chi connectivity index (χ1v) is 9.59. The van der Waals surface area contributed by atoms with Gasteiger partial charge in [0.05, 0.1) is 20.5 Å². The number of imide groups is 1. The molecule has 0 unspecified atom stereocenters. The fourth-order valence-corrected chi connectivity index (χ4v) is 3.71. The number of nitro groups is 1. The standard InChI is InChI=1S/C17H12N4O5S2/c22-15(19-14-3-1-2-6-18-14)9-27-12-5-4-10(7-11(12)21(25)26)8-13-16(23)20-17(24)28-13/h1-8H,9H2,(H,18,19,22)(H,20,23,24)/b13-8-. The fraction of sp³-hybridized carbons (Fsp3) is 0.0588. The van der Waals surface area contributed by atoms with Crippen molar-refractivity contribution < 1.29 is 19.3 Å². The first-order chi connectivity index (χ1) is 13.4. The number of hydrogen-bond acceptors (Lipinski definition) is 8. The minimum absolute atomic E-state index is 0.0371. The van der Waals surface area contributed by atoms with Gasteiger partial charge in [0.2, 0.25) is 5.91 Å². The largest absolute Gasteiger partial charge is 0.310 e. The number of nitrogens with zero attached hydrogens (tertiary/aromatic N) is 2. The predicted molar refractivity (Wildman–Crippen MR) is 106 cm³/mol. The topological polar surface area (TPSA) is 131 Å². The number of carbonyl (C=O) groups is 3. The van der Waals surface area contributed by atoms with E-state index in [0.29, 0.717) is 16.3 Å². The third-order valence-corrected chi connectivity index (χ3v) is 5.28. The van der Waals surface area contributed by atoms with Gasteiger partial charge < -0.3 is 5.32 Å². The van der Waals surface area contributed by atoms with E-state index in [-0.39, 0.29) is 22.3 Å². The Morgan fingerprint density at radius 3 is 2.79 bits per heavy atom. The van der Waals surface area contributed by atoms with Crippen molar-refractivity contribution in [3.8, 4) is 0 Å². The molecular weight excluding hydrogens is 404 g/mol. The second kappa shape index (κ2) is 8.67. The first kappa shape index (κ1) is 19.6. The Bertz CT molecular complexity index is 994. The van der Waals surface area contributed by atoms with Gasteiger partial charge in [0.25, 0.3) is 16.8 Å². The molecule has 1 aliphatic rings. The number of aromatic nitrogens is 1. The lowest BCUT2D eigenvalue weighted by atomic mass is 10.2. The lowest BCUT2D eigenvalue weighted by Crippen LogP contribution is -2.17. The Hall–Kier alpha value is -3.18. The van der Waals surface area contributed by atoms with E-state index < -0.39 is 16.1 Å². The number of nitrogens with one attached hydrogen (secondary N) is 2. The molecule has 0 atom stereocenters. The van der Waals surface area contributed by atoms with E-state index >= 15 is 0 Å². The zero-order valence-corrected chi connectivity index (χ0v) is 15.7. The van der Waals surface area contributed by atoms with Gasteiger partial charge in [-0.3, -0.25) is 29.8 Å². The van der Waals surface area contributed by atoms with E-state index in [1.807, 2.05) is 0 Å². The minimum Gasteiger partial charge on any atom is -0.310 e. The van der Waals surface area contributed by atoms with Gasteiger partial charge in [-0.2, -0.15) is 0 Å². The van der Waals surface area contributed by atoms with Crippen molar-refractivity contribution in [2.24, 2.45) is 0 Å². The van der Waals surface area contributed by atoms with Gasteiger partial charge in [-0.15, -0.1) is 11.8 Å². The molecule has 0 spiro atoms. The SMILES string of the molecule is O=C(CSc1ccc(/C=C2\SC(=O)NC2=O)cc1[N+](=O)[O-])Nc1ccccn1. The van der Waals surface area contributed by atoms with Gasteiger partial charge in [-0.05, 0) is 41.6 Å². The van der Waals surface area contributed by atoms with Crippen LogP contribution in [-0.2, 0) is 9.59 Å². The van der Waals surface area contributed by atoms with Gasteiger partial charge in [0.15, 0.2) is 0 Å². The lowest BCUT2D eigenvalue weighted by molar-refractivity contribution is -0.387. The van der Waals surface area contributed by atoms with Crippen LogP contribution in [0.1, 0.15) is 5.56 Å². The van der Waals surface area contributed by atoms with E-state index in [9.17, 15) is 24.5 Å². The molecule has 1 aromatic heterocycles. The van der Waals surface area contributed by atoms with Gasteiger partial charge >= 0.3 is 0 Å². The molecule has 2 heterocycles. The molecule has 142 valence electrons. The highest BCUT2D eigenvalue weighted by Gasteiger charge is 2.25. The van der Waals surface area contributed by atoms with Gasteiger partial charge in [0.1, 0.15) is 5.82 Å². The number of benzene rings is 1. The first-order valence-electron chi connectivity index (χ1n) is 7.79. The van der Waals surface area contributed by atoms with Crippen LogP contribution in [0.2, 0.25) is 0 Å². The number of anilines is 1.